The van der Waals surface area contributed by atoms with Crippen LogP contribution in [0.5, 0.6) is 0 Å². The third kappa shape index (κ3) is 1.96. The van der Waals surface area contributed by atoms with Crippen LogP contribution in [0.1, 0.15) is 5.69 Å². The first-order valence-corrected chi connectivity index (χ1v) is 5.93. The highest BCUT2D eigenvalue weighted by Gasteiger charge is 2.13. The van der Waals surface area contributed by atoms with Crippen LogP contribution in [0.3, 0.4) is 0 Å². The monoisotopic (exact) mass is 320 g/mol. The van der Waals surface area contributed by atoms with Crippen molar-refractivity contribution in [1.82, 2.24) is 15.0 Å². The van der Waals surface area contributed by atoms with Crippen molar-refractivity contribution in [2.75, 3.05) is 0 Å². The van der Waals surface area contributed by atoms with Crippen LogP contribution in [-0.2, 0) is 6.54 Å². The van der Waals surface area contributed by atoms with Gasteiger partial charge in [-0.3, -0.25) is 0 Å². The van der Waals surface area contributed by atoms with Gasteiger partial charge in [-0.15, -0.1) is 5.10 Å². The minimum absolute atomic E-state index is 0.330. The first kappa shape index (κ1) is 11.9. The summed E-state index contributed by atoms with van der Waals surface area (Å²) < 4.78 is 2.30. The van der Waals surface area contributed by atoms with Gasteiger partial charge in [0, 0.05) is 11.0 Å². The predicted molar refractivity (Wildman–Crippen MR) is 67.0 cm³/mol. The number of rotatable bonds is 2. The Balaban J connectivity index is 2.61. The fourth-order valence-electron chi connectivity index (χ4n) is 1.28. The van der Waals surface area contributed by atoms with E-state index in [0.29, 0.717) is 22.3 Å². The Morgan fingerprint density at radius 2 is 2.06 bits per heavy atom. The van der Waals surface area contributed by atoms with Crippen LogP contribution in [0.4, 0.5) is 0 Å². The Kier molecular flexibility index (Phi) is 3.49. The van der Waals surface area contributed by atoms with Crippen molar-refractivity contribution in [3.63, 3.8) is 0 Å². The third-order valence-corrected chi connectivity index (χ3v) is 3.83. The molecule has 0 amide bonds. The molecule has 1 heterocycles. The van der Waals surface area contributed by atoms with Crippen molar-refractivity contribution in [3.05, 3.63) is 38.5 Å². The number of halogens is 3. The van der Waals surface area contributed by atoms with Crippen molar-refractivity contribution in [1.29, 1.82) is 0 Å². The molecule has 0 aliphatic rings. The minimum Gasteiger partial charge on any atom is -0.325 e. The zero-order chi connectivity index (χ0) is 11.7. The van der Waals surface area contributed by atoms with Crippen molar-refractivity contribution < 1.29 is 0 Å². The molecule has 0 atom stereocenters. The summed E-state index contributed by atoms with van der Waals surface area (Å²) in [4.78, 5) is 0. The lowest BCUT2D eigenvalue weighted by Crippen LogP contribution is -2.07. The van der Waals surface area contributed by atoms with Crippen LogP contribution in [-0.4, -0.2) is 15.0 Å². The van der Waals surface area contributed by atoms with Crippen LogP contribution in [0.15, 0.2) is 22.8 Å². The zero-order valence-electron chi connectivity index (χ0n) is 7.99. The maximum Gasteiger partial charge on any atom is 0.0869 e. The maximum atomic E-state index is 6.13. The van der Waals surface area contributed by atoms with Crippen LogP contribution in [0.2, 0.25) is 10.0 Å². The van der Waals surface area contributed by atoms with Gasteiger partial charge in [0.15, 0.2) is 0 Å². The Morgan fingerprint density at radius 1 is 1.31 bits per heavy atom. The second-order valence-corrected chi connectivity index (χ2v) is 4.65. The van der Waals surface area contributed by atoms with Gasteiger partial charge >= 0.3 is 0 Å². The molecule has 0 unspecified atom stereocenters. The Bertz CT molecular complexity index is 526. The summed E-state index contributed by atoms with van der Waals surface area (Å²) in [5.74, 6) is 0. The number of nitrogens with zero attached hydrogens (tertiary/aromatic N) is 3. The molecule has 16 heavy (non-hydrogen) atoms. The Labute approximate surface area is 110 Å². The molecule has 0 bridgehead atoms. The van der Waals surface area contributed by atoms with Crippen LogP contribution in [0, 0.1) is 0 Å². The molecule has 7 heteroatoms. The van der Waals surface area contributed by atoms with E-state index in [2.05, 4.69) is 26.2 Å². The number of hydrogen-bond donors (Lipinski definition) is 1. The average molecular weight is 322 g/mol. The van der Waals surface area contributed by atoms with Gasteiger partial charge in [0.2, 0.25) is 0 Å². The topological polar surface area (TPSA) is 56.7 Å². The van der Waals surface area contributed by atoms with Crippen LogP contribution < -0.4 is 5.73 Å². The fourth-order valence-corrected chi connectivity index (χ4v) is 2.13. The van der Waals surface area contributed by atoms with E-state index < -0.39 is 0 Å². The zero-order valence-corrected chi connectivity index (χ0v) is 11.1. The summed E-state index contributed by atoms with van der Waals surface area (Å²) in [5.41, 5.74) is 6.99. The molecule has 0 radical (unpaired) electrons. The van der Waals surface area contributed by atoms with E-state index in [0.717, 1.165) is 10.2 Å². The first-order chi connectivity index (χ1) is 7.65. The van der Waals surface area contributed by atoms with Crippen molar-refractivity contribution >= 4 is 39.1 Å². The quantitative estimate of drug-likeness (QED) is 0.865. The molecule has 0 aliphatic heterocycles. The van der Waals surface area contributed by atoms with Crippen molar-refractivity contribution in [2.24, 2.45) is 5.73 Å². The van der Waals surface area contributed by atoms with Crippen LogP contribution in [0.25, 0.3) is 5.69 Å². The molecule has 0 spiro atoms. The molecule has 0 saturated heterocycles. The maximum absolute atomic E-state index is 6.13. The molecule has 1 aromatic heterocycles. The van der Waals surface area contributed by atoms with E-state index in [1.54, 1.807) is 23.0 Å². The third-order valence-electron chi connectivity index (χ3n) is 2.07. The highest BCUT2D eigenvalue weighted by Crippen LogP contribution is 2.34. The second-order valence-electron chi connectivity index (χ2n) is 3.04. The van der Waals surface area contributed by atoms with Gasteiger partial charge in [0.25, 0.3) is 0 Å². The SMILES string of the molecule is NCc1cnnn1-c1ccc(Br)c(Cl)c1Cl. The van der Waals surface area contributed by atoms with E-state index in [1.807, 2.05) is 0 Å². The summed E-state index contributed by atoms with van der Waals surface area (Å²) in [6.45, 7) is 0.330. The van der Waals surface area contributed by atoms with Crippen molar-refractivity contribution in [2.45, 2.75) is 6.54 Å². The van der Waals surface area contributed by atoms with Gasteiger partial charge in [0.05, 0.1) is 27.6 Å². The van der Waals surface area contributed by atoms with E-state index in [1.165, 1.54) is 0 Å². The molecule has 2 N–H and O–H groups in total. The average Bonchev–Trinajstić information content (AvgIpc) is 2.74. The first-order valence-electron chi connectivity index (χ1n) is 4.38. The molecular formula is C9H7BrCl2N4. The summed E-state index contributed by atoms with van der Waals surface area (Å²) in [5, 5.41) is 8.55. The number of aromatic nitrogens is 3. The number of nitrogens with two attached hydrogens (primary N) is 1. The molecule has 0 fully saturated rings. The van der Waals surface area contributed by atoms with Crippen LogP contribution >= 0.6 is 39.1 Å². The largest absolute Gasteiger partial charge is 0.325 e. The smallest absolute Gasteiger partial charge is 0.0869 e. The number of benzene rings is 1. The lowest BCUT2D eigenvalue weighted by molar-refractivity contribution is 0.761. The lowest BCUT2D eigenvalue weighted by Gasteiger charge is -2.08. The van der Waals surface area contributed by atoms with Crippen molar-refractivity contribution in [3.8, 4) is 5.69 Å². The standard InChI is InChI=1S/C9H7BrCl2N4/c10-6-1-2-7(9(12)8(6)11)16-5(3-13)4-14-15-16/h1-2,4H,3,13H2. The highest BCUT2D eigenvalue weighted by molar-refractivity contribution is 9.10. The van der Waals surface area contributed by atoms with Gasteiger partial charge in [-0.2, -0.15) is 0 Å². The van der Waals surface area contributed by atoms with E-state index in [-0.39, 0.29) is 0 Å². The van der Waals surface area contributed by atoms with E-state index in [4.69, 9.17) is 28.9 Å². The van der Waals surface area contributed by atoms with E-state index in [9.17, 15) is 0 Å². The second kappa shape index (κ2) is 4.71. The van der Waals surface area contributed by atoms with Gasteiger partial charge in [-0.1, -0.05) is 28.4 Å². The molecule has 1 aromatic carbocycles. The minimum atomic E-state index is 0.330. The Morgan fingerprint density at radius 3 is 2.75 bits per heavy atom. The molecule has 0 saturated carbocycles. The highest BCUT2D eigenvalue weighted by atomic mass is 79.9. The molecule has 2 rings (SSSR count). The molecule has 4 nitrogen and oxygen atoms in total. The summed E-state index contributed by atoms with van der Waals surface area (Å²) in [6, 6.07) is 3.59. The molecule has 0 aliphatic carbocycles. The van der Waals surface area contributed by atoms with Gasteiger partial charge < -0.3 is 5.73 Å². The normalized spacial score (nSPS) is 10.8. The van der Waals surface area contributed by atoms with Gasteiger partial charge in [-0.05, 0) is 28.1 Å². The molecule has 2 aromatic rings. The predicted octanol–water partition coefficient (Wildman–Crippen LogP) is 2.80. The fraction of sp³-hybridized carbons (Fsp3) is 0.111. The summed E-state index contributed by atoms with van der Waals surface area (Å²) in [6.07, 6.45) is 1.59. The van der Waals surface area contributed by atoms with E-state index >= 15 is 0 Å². The molecule has 84 valence electrons. The number of hydrogen-bond acceptors (Lipinski definition) is 3. The summed E-state index contributed by atoms with van der Waals surface area (Å²) in [7, 11) is 0. The Hall–Kier alpha value is -0.620. The lowest BCUT2D eigenvalue weighted by atomic mass is 10.3. The summed E-state index contributed by atoms with van der Waals surface area (Å²) >= 11 is 15.4. The van der Waals surface area contributed by atoms with Gasteiger partial charge in [0.1, 0.15) is 0 Å². The molecular weight excluding hydrogens is 315 g/mol. The van der Waals surface area contributed by atoms with Gasteiger partial charge in [-0.25, -0.2) is 4.68 Å².